The number of aromatic nitrogens is 3. The molecule has 0 atom stereocenters. The van der Waals surface area contributed by atoms with E-state index in [0.29, 0.717) is 11.8 Å². The number of aromatic amines is 1. The van der Waals surface area contributed by atoms with Gasteiger partial charge in [-0.3, -0.25) is 4.79 Å². The number of piperidine rings is 1. The van der Waals surface area contributed by atoms with Crippen molar-refractivity contribution in [2.24, 2.45) is 11.8 Å². The number of carbonyl (C=O) groups excluding carboxylic acids is 1. The van der Waals surface area contributed by atoms with Gasteiger partial charge in [-0.2, -0.15) is 0 Å². The second kappa shape index (κ2) is 13.2. The van der Waals surface area contributed by atoms with E-state index in [1.807, 2.05) is 6.07 Å². The first kappa shape index (κ1) is 29.4. The summed E-state index contributed by atoms with van der Waals surface area (Å²) in [4.78, 5) is 27.2. The summed E-state index contributed by atoms with van der Waals surface area (Å²) in [5.74, 6) is 2.25. The topological polar surface area (TPSA) is 57.2 Å². The normalized spacial score (nSPS) is 14.6. The molecule has 1 fully saturated rings. The fourth-order valence-electron chi connectivity index (χ4n) is 6.07. The number of imidazole rings is 1. The number of nitrogens with zero attached hydrogens (tertiary/aromatic N) is 4. The summed E-state index contributed by atoms with van der Waals surface area (Å²) >= 11 is 0. The number of nitrogens with one attached hydrogen (secondary N) is 1. The third kappa shape index (κ3) is 7.03. The van der Waals surface area contributed by atoms with Gasteiger partial charge in [-0.25, -0.2) is 4.98 Å². The third-order valence-corrected chi connectivity index (χ3v) is 8.62. The van der Waals surface area contributed by atoms with Crippen LogP contribution in [0.25, 0.3) is 33.3 Å². The van der Waals surface area contributed by atoms with Crippen LogP contribution in [0.3, 0.4) is 0 Å². The van der Waals surface area contributed by atoms with Crippen LogP contribution >= 0.6 is 0 Å². The molecule has 41 heavy (non-hydrogen) atoms. The van der Waals surface area contributed by atoms with Crippen molar-refractivity contribution in [1.29, 1.82) is 0 Å². The molecule has 3 heterocycles. The Labute approximate surface area is 246 Å². The Morgan fingerprint density at radius 2 is 1.68 bits per heavy atom. The molecule has 0 bridgehead atoms. The molecule has 2 aromatic carbocycles. The molecule has 1 aliphatic heterocycles. The van der Waals surface area contributed by atoms with Gasteiger partial charge in [-0.15, -0.1) is 0 Å². The number of likely N-dealkylation sites (tertiary alicyclic amines) is 1. The highest BCUT2D eigenvalue weighted by molar-refractivity contribution is 5.99. The lowest BCUT2D eigenvalue weighted by atomic mass is 10.1. The quantitative estimate of drug-likeness (QED) is 0.193. The predicted molar refractivity (Wildman–Crippen MR) is 171 cm³/mol. The number of hydrogen-bond donors (Lipinski definition) is 1. The number of hydrogen-bond acceptors (Lipinski definition) is 3. The fraction of sp³-hybridized carbons (Fsp3) is 0.543. The minimum Gasteiger partial charge on any atom is -0.360 e. The smallest absolute Gasteiger partial charge is 0.253 e. The van der Waals surface area contributed by atoms with E-state index in [1.165, 1.54) is 43.3 Å². The zero-order valence-electron chi connectivity index (χ0n) is 25.9. The molecule has 0 aliphatic carbocycles. The van der Waals surface area contributed by atoms with Crippen LogP contribution in [0.2, 0.25) is 0 Å². The summed E-state index contributed by atoms with van der Waals surface area (Å²) in [6.45, 7) is 17.0. The Hall–Kier alpha value is -3.12. The van der Waals surface area contributed by atoms with Crippen molar-refractivity contribution in [3.63, 3.8) is 0 Å². The highest BCUT2D eigenvalue weighted by Gasteiger charge is 2.21. The standard InChI is InChI=1S/C35H49N5O/c1-25(2)14-20-39(21-15-26(3)4)35(41)28-11-13-31-33(23-28)40(19-9-18-38-16-7-6-8-17-38)34(37-31)30-24-36-32-22-27(5)10-12-29(30)32/h10-13,22-26,36H,6-9,14-21H2,1-5H3. The number of amides is 1. The van der Waals surface area contributed by atoms with Crippen molar-refractivity contribution in [2.45, 2.75) is 79.7 Å². The van der Waals surface area contributed by atoms with Crippen LogP contribution in [-0.4, -0.2) is 63.0 Å². The predicted octanol–water partition coefficient (Wildman–Crippen LogP) is 7.90. The molecule has 0 radical (unpaired) electrons. The van der Waals surface area contributed by atoms with Gasteiger partial charge in [-0.05, 0) is 100 Å². The van der Waals surface area contributed by atoms with E-state index in [0.717, 1.165) is 78.9 Å². The Balaban J connectivity index is 1.50. The fourth-order valence-corrected chi connectivity index (χ4v) is 6.07. The molecule has 4 aromatic rings. The van der Waals surface area contributed by atoms with Gasteiger partial charge in [0.15, 0.2) is 0 Å². The Morgan fingerprint density at radius 3 is 2.39 bits per heavy atom. The summed E-state index contributed by atoms with van der Waals surface area (Å²) in [5.41, 5.74) is 6.27. The molecule has 5 rings (SSSR count). The van der Waals surface area contributed by atoms with Gasteiger partial charge in [0, 0.05) is 47.9 Å². The van der Waals surface area contributed by atoms with Gasteiger partial charge in [-0.1, -0.05) is 46.2 Å². The monoisotopic (exact) mass is 555 g/mol. The van der Waals surface area contributed by atoms with Crippen molar-refractivity contribution in [3.05, 3.63) is 53.7 Å². The van der Waals surface area contributed by atoms with Crippen LogP contribution in [-0.2, 0) is 6.54 Å². The molecule has 6 heteroatoms. The summed E-state index contributed by atoms with van der Waals surface area (Å²) in [6, 6.07) is 12.7. The lowest BCUT2D eigenvalue weighted by Crippen LogP contribution is -2.34. The van der Waals surface area contributed by atoms with E-state index in [2.05, 4.69) is 90.5 Å². The van der Waals surface area contributed by atoms with Gasteiger partial charge < -0.3 is 19.4 Å². The molecule has 0 saturated carbocycles. The number of carbonyl (C=O) groups is 1. The molecule has 6 nitrogen and oxygen atoms in total. The van der Waals surface area contributed by atoms with Crippen LogP contribution in [0.5, 0.6) is 0 Å². The minimum absolute atomic E-state index is 0.137. The van der Waals surface area contributed by atoms with Gasteiger partial charge in [0.1, 0.15) is 5.82 Å². The van der Waals surface area contributed by atoms with E-state index in [-0.39, 0.29) is 5.91 Å². The number of aryl methyl sites for hydroxylation is 2. The van der Waals surface area contributed by atoms with Crippen molar-refractivity contribution >= 4 is 27.8 Å². The molecule has 0 spiro atoms. The zero-order valence-corrected chi connectivity index (χ0v) is 25.9. The van der Waals surface area contributed by atoms with E-state index >= 15 is 0 Å². The first-order valence-corrected chi connectivity index (χ1v) is 15.9. The van der Waals surface area contributed by atoms with Crippen molar-refractivity contribution in [1.82, 2.24) is 24.3 Å². The molecular weight excluding hydrogens is 506 g/mol. The van der Waals surface area contributed by atoms with Crippen molar-refractivity contribution in [2.75, 3.05) is 32.7 Å². The average Bonchev–Trinajstić information content (AvgIpc) is 3.53. The summed E-state index contributed by atoms with van der Waals surface area (Å²) in [6.07, 6.45) is 9.17. The van der Waals surface area contributed by atoms with E-state index in [4.69, 9.17) is 4.98 Å². The Kier molecular flexibility index (Phi) is 9.49. The lowest BCUT2D eigenvalue weighted by Gasteiger charge is -2.26. The lowest BCUT2D eigenvalue weighted by molar-refractivity contribution is 0.0741. The molecule has 220 valence electrons. The van der Waals surface area contributed by atoms with Crippen LogP contribution in [0, 0.1) is 18.8 Å². The maximum absolute atomic E-state index is 13.9. The number of rotatable bonds is 12. The molecule has 1 aliphatic rings. The minimum atomic E-state index is 0.137. The Bertz CT molecular complexity index is 1440. The number of fused-ring (bicyclic) bond motifs is 2. The highest BCUT2D eigenvalue weighted by atomic mass is 16.2. The van der Waals surface area contributed by atoms with Crippen LogP contribution in [0.1, 0.15) is 82.1 Å². The Morgan fingerprint density at radius 1 is 0.951 bits per heavy atom. The summed E-state index contributed by atoms with van der Waals surface area (Å²) in [7, 11) is 0. The first-order chi connectivity index (χ1) is 19.8. The van der Waals surface area contributed by atoms with E-state index < -0.39 is 0 Å². The molecule has 1 N–H and O–H groups in total. The number of benzene rings is 2. The SMILES string of the molecule is Cc1ccc2c(-c3nc4ccc(C(=O)N(CCC(C)C)CCC(C)C)cc4n3CCCN3CCCCC3)c[nH]c2c1. The largest absolute Gasteiger partial charge is 0.360 e. The molecule has 1 saturated heterocycles. The molecule has 2 aromatic heterocycles. The molecule has 0 unspecified atom stereocenters. The van der Waals surface area contributed by atoms with Gasteiger partial charge in [0.25, 0.3) is 5.91 Å². The van der Waals surface area contributed by atoms with E-state index in [9.17, 15) is 4.79 Å². The second-order valence-electron chi connectivity index (χ2n) is 13.0. The summed E-state index contributed by atoms with van der Waals surface area (Å²) in [5, 5.41) is 1.19. The van der Waals surface area contributed by atoms with Crippen LogP contribution in [0.15, 0.2) is 42.6 Å². The van der Waals surface area contributed by atoms with Gasteiger partial charge in [0.2, 0.25) is 0 Å². The van der Waals surface area contributed by atoms with E-state index in [1.54, 1.807) is 0 Å². The maximum Gasteiger partial charge on any atom is 0.253 e. The second-order valence-corrected chi connectivity index (χ2v) is 13.0. The third-order valence-electron chi connectivity index (χ3n) is 8.62. The highest BCUT2D eigenvalue weighted by Crippen LogP contribution is 2.32. The zero-order chi connectivity index (χ0) is 28.9. The average molecular weight is 556 g/mol. The van der Waals surface area contributed by atoms with Crippen LogP contribution < -0.4 is 0 Å². The molecule has 1 amide bonds. The van der Waals surface area contributed by atoms with Gasteiger partial charge >= 0.3 is 0 Å². The van der Waals surface area contributed by atoms with Crippen molar-refractivity contribution in [3.8, 4) is 11.4 Å². The maximum atomic E-state index is 13.9. The van der Waals surface area contributed by atoms with Crippen LogP contribution in [0.4, 0.5) is 0 Å². The summed E-state index contributed by atoms with van der Waals surface area (Å²) < 4.78 is 2.37. The number of H-pyrrole nitrogens is 1. The van der Waals surface area contributed by atoms with Crippen molar-refractivity contribution < 1.29 is 4.79 Å². The molecular formula is C35H49N5O. The first-order valence-electron chi connectivity index (χ1n) is 15.9. The van der Waals surface area contributed by atoms with Gasteiger partial charge in [0.05, 0.1) is 11.0 Å².